The molecule has 1 aromatic carbocycles. The molecule has 0 radical (unpaired) electrons. The molecule has 76 valence electrons. The highest BCUT2D eigenvalue weighted by Gasteiger charge is 1.98. The van der Waals surface area contributed by atoms with Crippen LogP contribution in [0.1, 0.15) is 5.56 Å². The minimum Gasteiger partial charge on any atom is -0.488 e. The lowest BCUT2D eigenvalue weighted by molar-refractivity contribution is 0.298. The van der Waals surface area contributed by atoms with Gasteiger partial charge in [-0.25, -0.2) is 0 Å². The summed E-state index contributed by atoms with van der Waals surface area (Å²) in [4.78, 5) is 4.87. The number of benzene rings is 1. The number of thiol groups is 1. The van der Waals surface area contributed by atoms with E-state index in [1.165, 1.54) is 0 Å². The van der Waals surface area contributed by atoms with Crippen molar-refractivity contribution in [2.75, 3.05) is 0 Å². The summed E-state index contributed by atoms with van der Waals surface area (Å²) in [6.45, 7) is 0.519. The van der Waals surface area contributed by atoms with Crippen LogP contribution in [0.25, 0.3) is 0 Å². The van der Waals surface area contributed by atoms with E-state index in [1.807, 2.05) is 36.4 Å². The van der Waals surface area contributed by atoms with E-state index in [-0.39, 0.29) is 0 Å². The average molecular weight is 217 g/mol. The highest BCUT2D eigenvalue weighted by atomic mass is 32.1. The van der Waals surface area contributed by atoms with Gasteiger partial charge in [0.05, 0.1) is 0 Å². The van der Waals surface area contributed by atoms with Crippen LogP contribution in [0.5, 0.6) is 5.75 Å². The van der Waals surface area contributed by atoms with Crippen molar-refractivity contribution in [1.82, 2.24) is 4.98 Å². The summed E-state index contributed by atoms with van der Waals surface area (Å²) >= 11 is 4.30. The van der Waals surface area contributed by atoms with Gasteiger partial charge in [-0.05, 0) is 18.2 Å². The first kappa shape index (κ1) is 10.1. The molecule has 2 rings (SSSR count). The zero-order valence-electron chi connectivity index (χ0n) is 8.13. The molecule has 0 spiro atoms. The van der Waals surface area contributed by atoms with Crippen molar-refractivity contribution in [2.45, 2.75) is 11.5 Å². The van der Waals surface area contributed by atoms with Crippen LogP contribution in [0.3, 0.4) is 0 Å². The highest BCUT2D eigenvalue weighted by Crippen LogP contribution is 2.22. The van der Waals surface area contributed by atoms with Crippen LogP contribution >= 0.6 is 12.6 Å². The fourth-order valence-electron chi connectivity index (χ4n) is 1.22. The fourth-order valence-corrected chi connectivity index (χ4v) is 1.45. The second kappa shape index (κ2) is 4.84. The Morgan fingerprint density at radius 2 is 2.00 bits per heavy atom. The Morgan fingerprint density at radius 3 is 2.73 bits per heavy atom. The van der Waals surface area contributed by atoms with Gasteiger partial charge in [-0.3, -0.25) is 4.98 Å². The fraction of sp³-hybridized carbons (Fsp3) is 0.0833. The van der Waals surface area contributed by atoms with E-state index in [1.54, 1.807) is 12.4 Å². The molecule has 15 heavy (non-hydrogen) atoms. The van der Waals surface area contributed by atoms with Crippen LogP contribution in [-0.2, 0) is 6.61 Å². The maximum absolute atomic E-state index is 5.61. The third kappa shape index (κ3) is 2.73. The van der Waals surface area contributed by atoms with Crippen molar-refractivity contribution in [3.05, 3.63) is 54.4 Å². The Labute approximate surface area is 94.3 Å². The van der Waals surface area contributed by atoms with Gasteiger partial charge in [-0.1, -0.05) is 18.2 Å². The molecular formula is C12H11NOS. The Balaban J connectivity index is 2.03. The molecule has 1 heterocycles. The van der Waals surface area contributed by atoms with Crippen LogP contribution in [-0.4, -0.2) is 4.98 Å². The van der Waals surface area contributed by atoms with Crippen molar-refractivity contribution >= 4 is 12.6 Å². The third-order valence-electron chi connectivity index (χ3n) is 1.98. The molecule has 0 unspecified atom stereocenters. The van der Waals surface area contributed by atoms with Gasteiger partial charge in [-0.2, -0.15) is 0 Å². The van der Waals surface area contributed by atoms with Gasteiger partial charge in [0.15, 0.2) is 0 Å². The van der Waals surface area contributed by atoms with Gasteiger partial charge >= 0.3 is 0 Å². The second-order valence-electron chi connectivity index (χ2n) is 3.12. The Kier molecular flexibility index (Phi) is 3.25. The number of aromatic nitrogens is 1. The summed E-state index contributed by atoms with van der Waals surface area (Å²) in [5.41, 5.74) is 1.05. The smallest absolute Gasteiger partial charge is 0.133 e. The molecule has 0 aliphatic rings. The molecule has 0 atom stereocenters. The number of ether oxygens (including phenoxy) is 1. The van der Waals surface area contributed by atoms with Crippen LogP contribution in [0.15, 0.2) is 53.7 Å². The lowest BCUT2D eigenvalue weighted by Gasteiger charge is -2.07. The van der Waals surface area contributed by atoms with Gasteiger partial charge in [0, 0.05) is 22.9 Å². The third-order valence-corrected chi connectivity index (χ3v) is 2.35. The van der Waals surface area contributed by atoms with Crippen LogP contribution in [0.4, 0.5) is 0 Å². The Hall–Kier alpha value is -1.48. The van der Waals surface area contributed by atoms with Crippen LogP contribution in [0, 0.1) is 0 Å². The number of hydrogen-bond donors (Lipinski definition) is 1. The summed E-state index contributed by atoms with van der Waals surface area (Å²) in [5, 5.41) is 0. The zero-order chi connectivity index (χ0) is 10.5. The van der Waals surface area contributed by atoms with Crippen molar-refractivity contribution in [3.63, 3.8) is 0 Å². The first-order chi connectivity index (χ1) is 7.36. The Bertz CT molecular complexity index is 431. The monoisotopic (exact) mass is 217 g/mol. The molecule has 0 saturated carbocycles. The SMILES string of the molecule is Sc1ccccc1OCc1cccnc1. The molecule has 0 bridgehead atoms. The van der Waals surface area contributed by atoms with Gasteiger partial charge in [0.2, 0.25) is 0 Å². The van der Waals surface area contributed by atoms with Gasteiger partial charge in [-0.15, -0.1) is 12.6 Å². The molecule has 0 N–H and O–H groups in total. The molecule has 0 amide bonds. The maximum atomic E-state index is 5.61. The van der Waals surface area contributed by atoms with Crippen molar-refractivity contribution in [2.24, 2.45) is 0 Å². The van der Waals surface area contributed by atoms with Crippen LogP contribution < -0.4 is 4.74 Å². The van der Waals surface area contributed by atoms with E-state index < -0.39 is 0 Å². The van der Waals surface area contributed by atoms with Gasteiger partial charge < -0.3 is 4.74 Å². The van der Waals surface area contributed by atoms with Crippen molar-refractivity contribution in [3.8, 4) is 5.75 Å². The first-order valence-corrected chi connectivity index (χ1v) is 5.10. The topological polar surface area (TPSA) is 22.1 Å². The number of nitrogens with zero attached hydrogens (tertiary/aromatic N) is 1. The van der Waals surface area contributed by atoms with E-state index in [0.717, 1.165) is 16.2 Å². The first-order valence-electron chi connectivity index (χ1n) is 4.66. The molecule has 3 heteroatoms. The van der Waals surface area contributed by atoms with E-state index in [4.69, 9.17) is 4.74 Å². The average Bonchev–Trinajstić information content (AvgIpc) is 2.29. The zero-order valence-corrected chi connectivity index (χ0v) is 9.02. The highest BCUT2D eigenvalue weighted by molar-refractivity contribution is 7.80. The van der Waals surface area contributed by atoms with Crippen molar-refractivity contribution < 1.29 is 4.74 Å². The molecule has 0 aliphatic carbocycles. The summed E-state index contributed by atoms with van der Waals surface area (Å²) in [6, 6.07) is 11.5. The quantitative estimate of drug-likeness (QED) is 0.798. The second-order valence-corrected chi connectivity index (χ2v) is 3.60. The van der Waals surface area contributed by atoms with Crippen LogP contribution in [0.2, 0.25) is 0 Å². The molecule has 2 aromatic rings. The summed E-state index contributed by atoms with van der Waals surface area (Å²) in [6.07, 6.45) is 3.54. The summed E-state index contributed by atoms with van der Waals surface area (Å²) < 4.78 is 5.61. The van der Waals surface area contributed by atoms with Gasteiger partial charge in [0.1, 0.15) is 12.4 Å². The van der Waals surface area contributed by atoms with E-state index in [9.17, 15) is 0 Å². The molecule has 0 aliphatic heterocycles. The predicted molar refractivity (Wildman–Crippen MR) is 62.3 cm³/mol. The molecule has 2 nitrogen and oxygen atoms in total. The number of pyridine rings is 1. The van der Waals surface area contributed by atoms with Crippen molar-refractivity contribution in [1.29, 1.82) is 0 Å². The predicted octanol–water partition coefficient (Wildman–Crippen LogP) is 2.95. The van der Waals surface area contributed by atoms with Gasteiger partial charge in [0.25, 0.3) is 0 Å². The van der Waals surface area contributed by atoms with E-state index in [0.29, 0.717) is 6.61 Å². The normalized spacial score (nSPS) is 9.93. The molecule has 0 fully saturated rings. The number of hydrogen-bond acceptors (Lipinski definition) is 3. The maximum Gasteiger partial charge on any atom is 0.133 e. The summed E-state index contributed by atoms with van der Waals surface area (Å²) in [5.74, 6) is 0.796. The lowest BCUT2D eigenvalue weighted by Crippen LogP contribution is -1.96. The largest absolute Gasteiger partial charge is 0.488 e. The minimum atomic E-state index is 0.519. The lowest BCUT2D eigenvalue weighted by atomic mass is 10.3. The number of rotatable bonds is 3. The Morgan fingerprint density at radius 1 is 1.13 bits per heavy atom. The molecule has 1 aromatic heterocycles. The standard InChI is InChI=1S/C12H11NOS/c15-12-6-2-1-5-11(12)14-9-10-4-3-7-13-8-10/h1-8,15H,9H2. The molecule has 0 saturated heterocycles. The number of para-hydroxylation sites is 1. The minimum absolute atomic E-state index is 0.519. The van der Waals surface area contributed by atoms with E-state index >= 15 is 0 Å². The molecular weight excluding hydrogens is 206 g/mol. The van der Waals surface area contributed by atoms with E-state index in [2.05, 4.69) is 17.6 Å². The summed E-state index contributed by atoms with van der Waals surface area (Å²) in [7, 11) is 0.